The molecule has 0 radical (unpaired) electrons. The van der Waals surface area contributed by atoms with Crippen molar-refractivity contribution in [1.29, 1.82) is 0 Å². The Kier molecular flexibility index (Phi) is 5.07. The van der Waals surface area contributed by atoms with E-state index in [1.54, 1.807) is 29.4 Å². The van der Waals surface area contributed by atoms with Gasteiger partial charge in [-0.2, -0.15) is 17.0 Å². The Morgan fingerprint density at radius 1 is 1.20 bits per heavy atom. The van der Waals surface area contributed by atoms with Crippen LogP contribution in [0.4, 0.5) is 0 Å². The van der Waals surface area contributed by atoms with Crippen LogP contribution in [0.25, 0.3) is 11.0 Å². The Morgan fingerprint density at radius 3 is 2.52 bits per heavy atom. The SMILES string of the molecule is CCN(CC)S(=O)(=O)N1CCN(C(=O)c2ccc3nc[nH]c3c2)CC1. The number of hydrogen-bond acceptors (Lipinski definition) is 4. The third-order valence-electron chi connectivity index (χ3n) is 4.55. The molecule has 1 N–H and O–H groups in total. The number of nitrogens with zero attached hydrogens (tertiary/aromatic N) is 4. The van der Waals surface area contributed by atoms with Crippen LogP contribution in [0.5, 0.6) is 0 Å². The fraction of sp³-hybridized carbons (Fsp3) is 0.500. The molecule has 1 fully saturated rings. The van der Waals surface area contributed by atoms with Crippen LogP contribution in [0.15, 0.2) is 24.5 Å². The van der Waals surface area contributed by atoms with Gasteiger partial charge in [0.25, 0.3) is 16.1 Å². The summed E-state index contributed by atoms with van der Waals surface area (Å²) in [5.41, 5.74) is 2.21. The molecule has 2 heterocycles. The highest BCUT2D eigenvalue weighted by Crippen LogP contribution is 2.17. The van der Waals surface area contributed by atoms with Crippen molar-refractivity contribution in [1.82, 2.24) is 23.5 Å². The number of imidazole rings is 1. The summed E-state index contributed by atoms with van der Waals surface area (Å²) in [5, 5.41) is 0. The number of benzene rings is 1. The molecular formula is C16H23N5O3S. The van der Waals surface area contributed by atoms with Crippen molar-refractivity contribution in [3.63, 3.8) is 0 Å². The third-order valence-corrected chi connectivity index (χ3v) is 6.74. The zero-order valence-electron chi connectivity index (χ0n) is 14.5. The maximum Gasteiger partial charge on any atom is 0.282 e. The van der Waals surface area contributed by atoms with Gasteiger partial charge in [0.05, 0.1) is 17.4 Å². The standard InChI is InChI=1S/C16H23N5O3S/c1-3-20(4-2)25(23,24)21-9-7-19(8-10-21)16(22)13-5-6-14-15(11-13)18-12-17-14/h5-6,11-12H,3-4,7-10H2,1-2H3,(H,17,18). The molecule has 0 aliphatic carbocycles. The van der Waals surface area contributed by atoms with Gasteiger partial charge in [0.1, 0.15) is 0 Å². The number of rotatable bonds is 5. The first-order valence-corrected chi connectivity index (χ1v) is 9.84. The number of piperazine rings is 1. The van der Waals surface area contributed by atoms with Crippen LogP contribution in [-0.2, 0) is 10.2 Å². The van der Waals surface area contributed by atoms with E-state index in [2.05, 4.69) is 9.97 Å². The van der Waals surface area contributed by atoms with E-state index < -0.39 is 10.2 Å². The number of amides is 1. The van der Waals surface area contributed by atoms with Crippen LogP contribution in [0.2, 0.25) is 0 Å². The molecule has 25 heavy (non-hydrogen) atoms. The van der Waals surface area contributed by atoms with E-state index in [0.717, 1.165) is 11.0 Å². The lowest BCUT2D eigenvalue weighted by Crippen LogP contribution is -2.54. The minimum Gasteiger partial charge on any atom is -0.345 e. The summed E-state index contributed by atoms with van der Waals surface area (Å²) in [6.45, 7) is 5.96. The van der Waals surface area contributed by atoms with Crippen LogP contribution < -0.4 is 0 Å². The minimum atomic E-state index is -3.44. The summed E-state index contributed by atoms with van der Waals surface area (Å²) in [6.07, 6.45) is 1.59. The molecule has 8 nitrogen and oxygen atoms in total. The van der Waals surface area contributed by atoms with E-state index in [-0.39, 0.29) is 5.91 Å². The Hall–Kier alpha value is -1.97. The summed E-state index contributed by atoms with van der Waals surface area (Å²) in [6, 6.07) is 5.34. The van der Waals surface area contributed by atoms with Gasteiger partial charge in [-0.25, -0.2) is 4.98 Å². The lowest BCUT2D eigenvalue weighted by atomic mass is 10.1. The first-order valence-electron chi connectivity index (χ1n) is 8.45. The number of carbonyl (C=O) groups is 1. The normalized spacial score (nSPS) is 16.7. The van der Waals surface area contributed by atoms with Gasteiger partial charge < -0.3 is 9.88 Å². The molecule has 1 aliphatic rings. The van der Waals surface area contributed by atoms with E-state index in [0.29, 0.717) is 44.8 Å². The maximum atomic E-state index is 12.7. The number of carbonyl (C=O) groups excluding carboxylic acids is 1. The van der Waals surface area contributed by atoms with E-state index >= 15 is 0 Å². The summed E-state index contributed by atoms with van der Waals surface area (Å²) in [5.74, 6) is -0.0867. The molecule has 3 rings (SSSR count). The van der Waals surface area contributed by atoms with Crippen molar-refractivity contribution in [3.8, 4) is 0 Å². The monoisotopic (exact) mass is 365 g/mol. The summed E-state index contributed by atoms with van der Waals surface area (Å²) < 4.78 is 28.0. The van der Waals surface area contributed by atoms with Crippen molar-refractivity contribution >= 4 is 27.1 Å². The molecule has 0 spiro atoms. The van der Waals surface area contributed by atoms with Crippen molar-refractivity contribution in [2.24, 2.45) is 0 Å². The summed E-state index contributed by atoms with van der Waals surface area (Å²) >= 11 is 0. The quantitative estimate of drug-likeness (QED) is 0.853. The van der Waals surface area contributed by atoms with E-state index in [1.807, 2.05) is 13.8 Å². The summed E-state index contributed by atoms with van der Waals surface area (Å²) in [4.78, 5) is 21.5. The van der Waals surface area contributed by atoms with Crippen LogP contribution in [0, 0.1) is 0 Å². The Labute approximate surface area is 147 Å². The number of hydrogen-bond donors (Lipinski definition) is 1. The van der Waals surface area contributed by atoms with Crippen LogP contribution in [-0.4, -0.2) is 77.1 Å². The molecule has 1 aromatic carbocycles. The van der Waals surface area contributed by atoms with Crippen LogP contribution in [0.3, 0.4) is 0 Å². The first-order chi connectivity index (χ1) is 12.0. The highest BCUT2D eigenvalue weighted by molar-refractivity contribution is 7.86. The maximum absolute atomic E-state index is 12.7. The third kappa shape index (κ3) is 3.39. The topological polar surface area (TPSA) is 89.6 Å². The van der Waals surface area contributed by atoms with Gasteiger partial charge in [-0.3, -0.25) is 4.79 Å². The van der Waals surface area contributed by atoms with Gasteiger partial charge in [-0.15, -0.1) is 0 Å². The Balaban J connectivity index is 1.68. The highest BCUT2D eigenvalue weighted by Gasteiger charge is 2.32. The van der Waals surface area contributed by atoms with Crippen molar-refractivity contribution in [2.45, 2.75) is 13.8 Å². The molecule has 1 aliphatic heterocycles. The predicted octanol–water partition coefficient (Wildman–Crippen LogP) is 0.907. The first kappa shape index (κ1) is 17.8. The lowest BCUT2D eigenvalue weighted by molar-refractivity contribution is 0.0694. The second kappa shape index (κ2) is 7.11. The van der Waals surface area contributed by atoms with E-state index in [9.17, 15) is 13.2 Å². The molecule has 1 amide bonds. The summed E-state index contributed by atoms with van der Waals surface area (Å²) in [7, 11) is -3.44. The van der Waals surface area contributed by atoms with Crippen LogP contribution >= 0.6 is 0 Å². The number of H-pyrrole nitrogens is 1. The second-order valence-corrected chi connectivity index (χ2v) is 7.85. The molecule has 136 valence electrons. The van der Waals surface area contributed by atoms with E-state index in [4.69, 9.17) is 0 Å². The zero-order chi connectivity index (χ0) is 18.0. The average Bonchev–Trinajstić information content (AvgIpc) is 3.09. The number of nitrogens with one attached hydrogen (secondary N) is 1. The highest BCUT2D eigenvalue weighted by atomic mass is 32.2. The fourth-order valence-corrected chi connectivity index (χ4v) is 4.69. The predicted molar refractivity (Wildman–Crippen MR) is 95.4 cm³/mol. The molecule has 0 atom stereocenters. The smallest absolute Gasteiger partial charge is 0.282 e. The molecule has 9 heteroatoms. The van der Waals surface area contributed by atoms with Gasteiger partial charge in [0, 0.05) is 44.8 Å². The minimum absolute atomic E-state index is 0.0867. The molecular weight excluding hydrogens is 342 g/mol. The molecule has 2 aromatic rings. The van der Waals surface area contributed by atoms with Crippen molar-refractivity contribution in [3.05, 3.63) is 30.1 Å². The second-order valence-electron chi connectivity index (χ2n) is 5.92. The van der Waals surface area contributed by atoms with Gasteiger partial charge in [-0.1, -0.05) is 13.8 Å². The van der Waals surface area contributed by atoms with Gasteiger partial charge in [-0.05, 0) is 18.2 Å². The fourth-order valence-electron chi connectivity index (χ4n) is 3.09. The zero-order valence-corrected chi connectivity index (χ0v) is 15.3. The van der Waals surface area contributed by atoms with Gasteiger partial charge in [0.15, 0.2) is 0 Å². The largest absolute Gasteiger partial charge is 0.345 e. The molecule has 1 saturated heterocycles. The average molecular weight is 365 g/mol. The lowest BCUT2D eigenvalue weighted by Gasteiger charge is -2.36. The van der Waals surface area contributed by atoms with Gasteiger partial charge >= 0.3 is 0 Å². The Bertz CT molecular complexity index is 852. The number of aromatic nitrogens is 2. The van der Waals surface area contributed by atoms with Crippen molar-refractivity contribution in [2.75, 3.05) is 39.3 Å². The number of aromatic amines is 1. The van der Waals surface area contributed by atoms with Crippen molar-refractivity contribution < 1.29 is 13.2 Å². The van der Waals surface area contributed by atoms with Gasteiger partial charge in [0.2, 0.25) is 0 Å². The molecule has 1 aromatic heterocycles. The van der Waals surface area contributed by atoms with Crippen LogP contribution in [0.1, 0.15) is 24.2 Å². The molecule has 0 saturated carbocycles. The number of fused-ring (bicyclic) bond motifs is 1. The van der Waals surface area contributed by atoms with E-state index in [1.165, 1.54) is 8.61 Å². The molecule has 0 unspecified atom stereocenters. The molecule has 0 bridgehead atoms. The Morgan fingerprint density at radius 2 is 1.88 bits per heavy atom.